The van der Waals surface area contributed by atoms with Crippen LogP contribution in [0.5, 0.6) is 0 Å². The normalized spacial score (nSPS) is 16.1. The van der Waals surface area contributed by atoms with E-state index in [1.54, 1.807) is 7.11 Å². The molecule has 0 amide bonds. The maximum Gasteiger partial charge on any atom is 0.0587 e. The standard InChI is InChI=1S/C14H30N2O/c1-13(2)12-16(14-6-7-14)10-5-4-8-15-9-11-17-3/h13-15H,4-12H2,1-3H3. The lowest BCUT2D eigenvalue weighted by molar-refractivity contribution is 0.198. The van der Waals surface area contributed by atoms with Gasteiger partial charge in [-0.3, -0.25) is 0 Å². The third-order valence-electron chi connectivity index (χ3n) is 3.19. The molecule has 1 fully saturated rings. The van der Waals surface area contributed by atoms with Crippen LogP contribution in [0.4, 0.5) is 0 Å². The Morgan fingerprint density at radius 2 is 2.00 bits per heavy atom. The zero-order valence-electron chi connectivity index (χ0n) is 11.9. The van der Waals surface area contributed by atoms with Gasteiger partial charge in [0.15, 0.2) is 0 Å². The summed E-state index contributed by atoms with van der Waals surface area (Å²) >= 11 is 0. The molecule has 0 bridgehead atoms. The SMILES string of the molecule is COCCNCCCCN(CC(C)C)C1CC1. The van der Waals surface area contributed by atoms with Gasteiger partial charge in [-0.25, -0.2) is 0 Å². The fourth-order valence-corrected chi connectivity index (χ4v) is 2.20. The van der Waals surface area contributed by atoms with Crippen molar-refractivity contribution < 1.29 is 4.74 Å². The van der Waals surface area contributed by atoms with Crippen LogP contribution >= 0.6 is 0 Å². The van der Waals surface area contributed by atoms with Crippen molar-refractivity contribution >= 4 is 0 Å². The molecule has 1 N–H and O–H groups in total. The van der Waals surface area contributed by atoms with Gasteiger partial charge in [-0.1, -0.05) is 13.8 Å². The van der Waals surface area contributed by atoms with Crippen molar-refractivity contribution in [1.82, 2.24) is 10.2 Å². The summed E-state index contributed by atoms with van der Waals surface area (Å²) in [7, 11) is 1.75. The molecule has 3 heteroatoms. The van der Waals surface area contributed by atoms with Crippen LogP contribution in [-0.4, -0.2) is 50.8 Å². The van der Waals surface area contributed by atoms with Crippen LogP contribution in [0.3, 0.4) is 0 Å². The number of hydrogen-bond donors (Lipinski definition) is 1. The zero-order valence-corrected chi connectivity index (χ0v) is 11.9. The molecule has 102 valence electrons. The predicted octanol–water partition coefficient (Wildman–Crippen LogP) is 2.12. The second-order valence-corrected chi connectivity index (χ2v) is 5.57. The first-order valence-corrected chi connectivity index (χ1v) is 7.17. The molecule has 0 aliphatic heterocycles. The number of rotatable bonds is 11. The highest BCUT2D eigenvalue weighted by atomic mass is 16.5. The largest absolute Gasteiger partial charge is 0.383 e. The van der Waals surface area contributed by atoms with Gasteiger partial charge in [0.25, 0.3) is 0 Å². The first-order chi connectivity index (χ1) is 8.24. The second kappa shape index (κ2) is 8.90. The highest BCUT2D eigenvalue weighted by Crippen LogP contribution is 2.27. The molecule has 17 heavy (non-hydrogen) atoms. The summed E-state index contributed by atoms with van der Waals surface area (Å²) in [5.74, 6) is 0.801. The van der Waals surface area contributed by atoms with E-state index in [0.29, 0.717) is 0 Å². The Labute approximate surface area is 107 Å². The molecule has 0 aromatic carbocycles. The molecule has 0 spiro atoms. The summed E-state index contributed by atoms with van der Waals surface area (Å²) < 4.78 is 5.00. The highest BCUT2D eigenvalue weighted by molar-refractivity contribution is 4.84. The van der Waals surface area contributed by atoms with Gasteiger partial charge in [-0.15, -0.1) is 0 Å². The van der Waals surface area contributed by atoms with Crippen LogP contribution < -0.4 is 5.32 Å². The lowest BCUT2D eigenvalue weighted by Gasteiger charge is -2.23. The van der Waals surface area contributed by atoms with Crippen LogP contribution in [0.25, 0.3) is 0 Å². The van der Waals surface area contributed by atoms with Gasteiger partial charge >= 0.3 is 0 Å². The fraction of sp³-hybridized carbons (Fsp3) is 1.00. The molecule has 0 aromatic heterocycles. The molecular weight excluding hydrogens is 212 g/mol. The number of nitrogens with one attached hydrogen (secondary N) is 1. The Balaban J connectivity index is 1.95. The Kier molecular flexibility index (Phi) is 7.82. The molecule has 1 aliphatic rings. The van der Waals surface area contributed by atoms with Crippen molar-refractivity contribution in [2.24, 2.45) is 5.92 Å². The summed E-state index contributed by atoms with van der Waals surface area (Å²) in [6, 6.07) is 0.916. The highest BCUT2D eigenvalue weighted by Gasteiger charge is 2.28. The quantitative estimate of drug-likeness (QED) is 0.562. The molecule has 0 saturated heterocycles. The van der Waals surface area contributed by atoms with Crippen molar-refractivity contribution in [3.63, 3.8) is 0 Å². The number of nitrogens with zero attached hydrogens (tertiary/aromatic N) is 1. The fourth-order valence-electron chi connectivity index (χ4n) is 2.20. The second-order valence-electron chi connectivity index (χ2n) is 5.57. The third kappa shape index (κ3) is 7.74. The number of ether oxygens (including phenoxy) is 1. The molecule has 3 nitrogen and oxygen atoms in total. The molecule has 0 unspecified atom stereocenters. The van der Waals surface area contributed by atoms with E-state index in [2.05, 4.69) is 24.1 Å². The summed E-state index contributed by atoms with van der Waals surface area (Å²) in [5.41, 5.74) is 0. The molecule has 0 heterocycles. The van der Waals surface area contributed by atoms with Crippen molar-refractivity contribution in [3.05, 3.63) is 0 Å². The summed E-state index contributed by atoms with van der Waals surface area (Å²) in [6.07, 6.45) is 5.46. The van der Waals surface area contributed by atoms with Gasteiger partial charge in [0.05, 0.1) is 6.61 Å². The van der Waals surface area contributed by atoms with Gasteiger partial charge in [-0.2, -0.15) is 0 Å². The Morgan fingerprint density at radius 3 is 2.59 bits per heavy atom. The lowest BCUT2D eigenvalue weighted by atomic mass is 10.2. The number of unbranched alkanes of at least 4 members (excludes halogenated alkanes) is 1. The molecule has 1 rings (SSSR count). The summed E-state index contributed by atoms with van der Waals surface area (Å²) in [5, 5.41) is 3.40. The minimum absolute atomic E-state index is 0.801. The average molecular weight is 242 g/mol. The first kappa shape index (κ1) is 14.9. The van der Waals surface area contributed by atoms with Gasteiger partial charge in [0.2, 0.25) is 0 Å². The van der Waals surface area contributed by atoms with Gasteiger partial charge in [0.1, 0.15) is 0 Å². The molecule has 0 atom stereocenters. The average Bonchev–Trinajstić information content (AvgIpc) is 3.09. The smallest absolute Gasteiger partial charge is 0.0587 e. The van der Waals surface area contributed by atoms with Gasteiger partial charge < -0.3 is 15.0 Å². The van der Waals surface area contributed by atoms with Crippen molar-refractivity contribution in [2.75, 3.05) is 39.9 Å². The maximum absolute atomic E-state index is 5.00. The van der Waals surface area contributed by atoms with E-state index in [0.717, 1.165) is 31.7 Å². The molecule has 0 radical (unpaired) electrons. The lowest BCUT2D eigenvalue weighted by Crippen LogP contribution is -2.31. The minimum Gasteiger partial charge on any atom is -0.383 e. The van der Waals surface area contributed by atoms with Gasteiger partial charge in [0, 0.05) is 26.2 Å². The van der Waals surface area contributed by atoms with Crippen molar-refractivity contribution in [1.29, 1.82) is 0 Å². The Bertz CT molecular complexity index is 181. The maximum atomic E-state index is 5.00. The molecule has 1 aliphatic carbocycles. The van der Waals surface area contributed by atoms with Gasteiger partial charge in [-0.05, 0) is 44.7 Å². The number of methoxy groups -OCH3 is 1. The van der Waals surface area contributed by atoms with E-state index < -0.39 is 0 Å². The predicted molar refractivity (Wildman–Crippen MR) is 73.4 cm³/mol. The van der Waals surface area contributed by atoms with Crippen LogP contribution in [0, 0.1) is 5.92 Å². The Hall–Kier alpha value is -0.120. The zero-order chi connectivity index (χ0) is 12.5. The van der Waals surface area contributed by atoms with Crippen molar-refractivity contribution in [3.8, 4) is 0 Å². The van der Waals surface area contributed by atoms with Crippen LogP contribution in [0.2, 0.25) is 0 Å². The molecule has 1 saturated carbocycles. The topological polar surface area (TPSA) is 24.5 Å². The minimum atomic E-state index is 0.801. The Morgan fingerprint density at radius 1 is 1.24 bits per heavy atom. The van der Waals surface area contributed by atoms with E-state index in [1.165, 1.54) is 38.8 Å². The number of hydrogen-bond acceptors (Lipinski definition) is 3. The van der Waals surface area contributed by atoms with E-state index >= 15 is 0 Å². The van der Waals surface area contributed by atoms with E-state index in [-0.39, 0.29) is 0 Å². The van der Waals surface area contributed by atoms with Crippen LogP contribution in [0.15, 0.2) is 0 Å². The van der Waals surface area contributed by atoms with Crippen molar-refractivity contribution in [2.45, 2.75) is 45.6 Å². The van der Waals surface area contributed by atoms with E-state index in [9.17, 15) is 0 Å². The van der Waals surface area contributed by atoms with Crippen LogP contribution in [-0.2, 0) is 4.74 Å². The van der Waals surface area contributed by atoms with Crippen LogP contribution in [0.1, 0.15) is 39.5 Å². The molecule has 0 aromatic rings. The monoisotopic (exact) mass is 242 g/mol. The summed E-state index contributed by atoms with van der Waals surface area (Å²) in [6.45, 7) is 10.1. The molecular formula is C14H30N2O. The third-order valence-corrected chi connectivity index (χ3v) is 3.19. The first-order valence-electron chi connectivity index (χ1n) is 7.17. The van der Waals surface area contributed by atoms with E-state index in [1.807, 2.05) is 0 Å². The summed E-state index contributed by atoms with van der Waals surface area (Å²) in [4.78, 5) is 2.69. The van der Waals surface area contributed by atoms with E-state index in [4.69, 9.17) is 4.74 Å².